The number of imidazole rings is 1. The Morgan fingerprint density at radius 3 is 2.80 bits per heavy atom. The number of hydrogen-bond acceptors (Lipinski definition) is 2. The number of hydrogen-bond donors (Lipinski definition) is 1. The molecule has 20 heavy (non-hydrogen) atoms. The van der Waals surface area contributed by atoms with Crippen molar-refractivity contribution in [3.63, 3.8) is 0 Å². The van der Waals surface area contributed by atoms with Crippen LogP contribution in [-0.2, 0) is 6.54 Å². The normalized spacial score (nSPS) is 12.6. The summed E-state index contributed by atoms with van der Waals surface area (Å²) >= 11 is 3.63. The van der Waals surface area contributed by atoms with Crippen LogP contribution in [0.15, 0.2) is 35.1 Å². The molecule has 1 heterocycles. The van der Waals surface area contributed by atoms with Gasteiger partial charge in [0.25, 0.3) is 0 Å². The van der Waals surface area contributed by atoms with Gasteiger partial charge in [0.1, 0.15) is 5.82 Å². The van der Waals surface area contributed by atoms with Crippen molar-refractivity contribution in [3.8, 4) is 0 Å². The molecular formula is C16H22BrN3. The zero-order valence-corrected chi connectivity index (χ0v) is 13.9. The highest BCUT2D eigenvalue weighted by atomic mass is 79.9. The van der Waals surface area contributed by atoms with Gasteiger partial charge in [-0.25, -0.2) is 4.98 Å². The fourth-order valence-corrected chi connectivity index (χ4v) is 2.68. The molecule has 2 rings (SSSR count). The SMILES string of the molecule is CCCNC(c1ccc(C)c(Br)c1)c1nccn1CC. The van der Waals surface area contributed by atoms with E-state index >= 15 is 0 Å². The Bertz CT molecular complexity index is 563. The molecule has 0 saturated carbocycles. The van der Waals surface area contributed by atoms with Crippen LogP contribution in [0.2, 0.25) is 0 Å². The standard InChI is InChI=1S/C16H22BrN3/c1-4-8-18-15(16-19-9-10-20(16)5-2)13-7-6-12(3)14(17)11-13/h6-7,9-11,15,18H,4-5,8H2,1-3H3. The van der Waals surface area contributed by atoms with Crippen molar-refractivity contribution in [3.05, 3.63) is 52.0 Å². The lowest BCUT2D eigenvalue weighted by Crippen LogP contribution is -2.26. The molecule has 3 nitrogen and oxygen atoms in total. The number of aromatic nitrogens is 2. The maximum atomic E-state index is 4.55. The molecule has 2 aromatic rings. The van der Waals surface area contributed by atoms with Crippen molar-refractivity contribution in [2.45, 2.75) is 39.8 Å². The molecule has 0 amide bonds. The Balaban J connectivity index is 2.38. The van der Waals surface area contributed by atoms with Gasteiger partial charge in [0.2, 0.25) is 0 Å². The topological polar surface area (TPSA) is 29.9 Å². The summed E-state index contributed by atoms with van der Waals surface area (Å²) in [6.07, 6.45) is 5.03. The molecule has 0 aliphatic carbocycles. The van der Waals surface area contributed by atoms with Gasteiger partial charge in [0.05, 0.1) is 6.04 Å². The van der Waals surface area contributed by atoms with Crippen LogP contribution < -0.4 is 5.32 Å². The molecule has 1 atom stereocenters. The predicted octanol–water partition coefficient (Wildman–Crippen LogP) is 4.06. The summed E-state index contributed by atoms with van der Waals surface area (Å²) < 4.78 is 3.34. The van der Waals surface area contributed by atoms with Crippen LogP contribution in [0.3, 0.4) is 0 Å². The minimum absolute atomic E-state index is 0.141. The number of nitrogens with zero attached hydrogens (tertiary/aromatic N) is 2. The molecule has 1 unspecified atom stereocenters. The zero-order chi connectivity index (χ0) is 14.5. The first-order valence-corrected chi connectivity index (χ1v) is 7.97. The second kappa shape index (κ2) is 7.04. The first kappa shape index (κ1) is 15.3. The molecular weight excluding hydrogens is 314 g/mol. The van der Waals surface area contributed by atoms with Gasteiger partial charge < -0.3 is 9.88 Å². The van der Waals surface area contributed by atoms with Crippen molar-refractivity contribution < 1.29 is 0 Å². The third kappa shape index (κ3) is 3.30. The minimum atomic E-state index is 0.141. The molecule has 0 spiro atoms. The predicted molar refractivity (Wildman–Crippen MR) is 86.9 cm³/mol. The van der Waals surface area contributed by atoms with Crippen LogP contribution in [0.25, 0.3) is 0 Å². The van der Waals surface area contributed by atoms with Crippen molar-refractivity contribution in [1.29, 1.82) is 0 Å². The second-order valence-corrected chi connectivity index (χ2v) is 5.82. The van der Waals surface area contributed by atoms with E-state index in [2.05, 4.69) is 69.8 Å². The molecule has 1 aromatic carbocycles. The lowest BCUT2D eigenvalue weighted by molar-refractivity contribution is 0.541. The van der Waals surface area contributed by atoms with Crippen molar-refractivity contribution in [2.24, 2.45) is 0 Å². The van der Waals surface area contributed by atoms with Crippen LogP contribution in [0.5, 0.6) is 0 Å². The van der Waals surface area contributed by atoms with Crippen molar-refractivity contribution in [1.82, 2.24) is 14.9 Å². The van der Waals surface area contributed by atoms with Gasteiger partial charge >= 0.3 is 0 Å². The highest BCUT2D eigenvalue weighted by Gasteiger charge is 2.18. The fourth-order valence-electron chi connectivity index (χ4n) is 2.28. The average molecular weight is 336 g/mol. The molecule has 0 radical (unpaired) electrons. The molecule has 4 heteroatoms. The van der Waals surface area contributed by atoms with Gasteiger partial charge in [-0.2, -0.15) is 0 Å². The van der Waals surface area contributed by atoms with Crippen molar-refractivity contribution in [2.75, 3.05) is 6.54 Å². The first-order chi connectivity index (χ1) is 9.67. The van der Waals surface area contributed by atoms with E-state index in [1.165, 1.54) is 11.1 Å². The van der Waals surface area contributed by atoms with Crippen LogP contribution in [0.1, 0.15) is 43.3 Å². The summed E-state index contributed by atoms with van der Waals surface area (Å²) in [5.74, 6) is 1.08. The van der Waals surface area contributed by atoms with Gasteiger partial charge in [-0.1, -0.05) is 35.0 Å². The molecule has 0 aliphatic rings. The molecule has 0 saturated heterocycles. The second-order valence-electron chi connectivity index (χ2n) is 4.97. The van der Waals surface area contributed by atoms with E-state index in [4.69, 9.17) is 0 Å². The molecule has 0 aliphatic heterocycles. The van der Waals surface area contributed by atoms with E-state index in [-0.39, 0.29) is 6.04 Å². The van der Waals surface area contributed by atoms with Crippen LogP contribution in [0, 0.1) is 6.92 Å². The number of nitrogens with one attached hydrogen (secondary N) is 1. The molecule has 108 valence electrons. The fraction of sp³-hybridized carbons (Fsp3) is 0.438. The Kier molecular flexibility index (Phi) is 5.38. The summed E-state index contributed by atoms with van der Waals surface area (Å²) in [4.78, 5) is 4.55. The van der Waals surface area contributed by atoms with Crippen LogP contribution in [0.4, 0.5) is 0 Å². The van der Waals surface area contributed by atoms with E-state index in [0.29, 0.717) is 0 Å². The Morgan fingerprint density at radius 2 is 2.15 bits per heavy atom. The van der Waals surface area contributed by atoms with E-state index < -0.39 is 0 Å². The number of aryl methyl sites for hydroxylation is 2. The third-order valence-electron chi connectivity index (χ3n) is 3.47. The van der Waals surface area contributed by atoms with Gasteiger partial charge in [-0.05, 0) is 44.0 Å². The van der Waals surface area contributed by atoms with Crippen molar-refractivity contribution >= 4 is 15.9 Å². The largest absolute Gasteiger partial charge is 0.334 e. The van der Waals surface area contributed by atoms with E-state index in [0.717, 1.165) is 29.8 Å². The summed E-state index contributed by atoms with van der Waals surface area (Å²) in [6.45, 7) is 8.35. The zero-order valence-electron chi connectivity index (χ0n) is 12.4. The smallest absolute Gasteiger partial charge is 0.130 e. The number of rotatable bonds is 6. The average Bonchev–Trinajstić information content (AvgIpc) is 2.91. The highest BCUT2D eigenvalue weighted by Crippen LogP contribution is 2.26. The maximum Gasteiger partial charge on any atom is 0.130 e. The first-order valence-electron chi connectivity index (χ1n) is 7.17. The van der Waals surface area contributed by atoms with Crippen LogP contribution >= 0.6 is 15.9 Å². The molecule has 0 bridgehead atoms. The Morgan fingerprint density at radius 1 is 1.35 bits per heavy atom. The van der Waals surface area contributed by atoms with E-state index in [9.17, 15) is 0 Å². The molecule has 1 N–H and O–H groups in total. The summed E-state index contributed by atoms with van der Waals surface area (Å²) in [6, 6.07) is 6.67. The van der Waals surface area contributed by atoms with Gasteiger partial charge in [-0.3, -0.25) is 0 Å². The summed E-state index contributed by atoms with van der Waals surface area (Å²) in [5, 5.41) is 3.61. The Labute approximate surface area is 129 Å². The molecule has 0 fully saturated rings. The number of benzene rings is 1. The van der Waals surface area contributed by atoms with Gasteiger partial charge in [0, 0.05) is 23.4 Å². The monoisotopic (exact) mass is 335 g/mol. The van der Waals surface area contributed by atoms with E-state index in [1.54, 1.807) is 0 Å². The van der Waals surface area contributed by atoms with Crippen LogP contribution in [-0.4, -0.2) is 16.1 Å². The summed E-state index contributed by atoms with van der Waals surface area (Å²) in [7, 11) is 0. The van der Waals surface area contributed by atoms with Gasteiger partial charge in [-0.15, -0.1) is 0 Å². The lowest BCUT2D eigenvalue weighted by atomic mass is 10.0. The van der Waals surface area contributed by atoms with Gasteiger partial charge in [0.15, 0.2) is 0 Å². The van der Waals surface area contributed by atoms with E-state index in [1.807, 2.05) is 12.4 Å². The summed E-state index contributed by atoms with van der Waals surface area (Å²) in [5.41, 5.74) is 2.50. The Hall–Kier alpha value is -1.13. The quantitative estimate of drug-likeness (QED) is 0.862. The highest BCUT2D eigenvalue weighted by molar-refractivity contribution is 9.10. The number of halogens is 1. The molecule has 1 aromatic heterocycles. The minimum Gasteiger partial charge on any atom is -0.334 e. The maximum absolute atomic E-state index is 4.55. The lowest BCUT2D eigenvalue weighted by Gasteiger charge is -2.20. The third-order valence-corrected chi connectivity index (χ3v) is 4.33.